The lowest BCUT2D eigenvalue weighted by molar-refractivity contribution is -0.138. The standard InChI is InChI=1S/C40H33BrIN3O6/c1-21-8-12-25(13-9-21)43-45-37(48)30-20-29-27(16-17-28-33(29)38(49)44(36(28)47)26-14-10-24(42)11-15-26)34(22-18-31(41)35(46)32(19-22)51-2)40(30,39(45)50)23-6-4-3-5-7-23/h3-16,18-19,28-30,33-34,43,46H,17,20H2,1-2H3/t28-,29+,30-,33-,34-,40+/m0/s1. The number of amides is 4. The third kappa shape index (κ3) is 5.06. The van der Waals surface area contributed by atoms with Gasteiger partial charge in [-0.05, 0) is 124 Å². The molecule has 2 saturated heterocycles. The Morgan fingerprint density at radius 1 is 0.902 bits per heavy atom. The molecule has 0 radical (unpaired) electrons. The van der Waals surface area contributed by atoms with Gasteiger partial charge in [0.1, 0.15) is 0 Å². The second-order valence-electron chi connectivity index (χ2n) is 13.6. The first-order valence-electron chi connectivity index (χ1n) is 16.7. The van der Waals surface area contributed by atoms with Gasteiger partial charge in [0.15, 0.2) is 11.5 Å². The summed E-state index contributed by atoms with van der Waals surface area (Å²) < 4.78 is 6.93. The molecule has 9 nitrogen and oxygen atoms in total. The van der Waals surface area contributed by atoms with E-state index in [1.807, 2.05) is 79.7 Å². The molecule has 4 aromatic carbocycles. The van der Waals surface area contributed by atoms with E-state index in [1.54, 1.807) is 24.3 Å². The van der Waals surface area contributed by atoms with Gasteiger partial charge >= 0.3 is 0 Å². The quantitative estimate of drug-likeness (QED) is 0.119. The van der Waals surface area contributed by atoms with Gasteiger partial charge in [-0.3, -0.25) is 29.5 Å². The third-order valence-electron chi connectivity index (χ3n) is 11.1. The first-order chi connectivity index (χ1) is 24.6. The highest BCUT2D eigenvalue weighted by atomic mass is 127. The Morgan fingerprint density at radius 2 is 1.61 bits per heavy atom. The summed E-state index contributed by atoms with van der Waals surface area (Å²) >= 11 is 5.68. The average Bonchev–Trinajstić information content (AvgIpc) is 3.51. The molecule has 11 heteroatoms. The van der Waals surface area contributed by atoms with E-state index in [9.17, 15) is 19.5 Å². The fraction of sp³-hybridized carbons (Fsp3) is 0.250. The number of methoxy groups -OCH3 is 1. The minimum absolute atomic E-state index is 0.0992. The number of nitrogens with one attached hydrogen (secondary N) is 1. The van der Waals surface area contributed by atoms with Crippen LogP contribution in [-0.2, 0) is 24.6 Å². The van der Waals surface area contributed by atoms with Crippen LogP contribution in [0, 0.1) is 34.2 Å². The molecule has 0 bridgehead atoms. The Labute approximate surface area is 316 Å². The molecule has 51 heavy (non-hydrogen) atoms. The van der Waals surface area contributed by atoms with E-state index in [1.165, 1.54) is 12.0 Å². The van der Waals surface area contributed by atoms with Crippen LogP contribution in [0.1, 0.15) is 35.4 Å². The molecule has 3 fully saturated rings. The number of carbonyl (C=O) groups is 4. The Kier molecular flexibility index (Phi) is 8.33. The Balaban J connectivity index is 1.34. The summed E-state index contributed by atoms with van der Waals surface area (Å²) in [6, 6.07) is 27.5. The van der Waals surface area contributed by atoms with E-state index >= 15 is 4.79 Å². The zero-order valence-corrected chi connectivity index (χ0v) is 31.4. The maximum absolute atomic E-state index is 15.3. The number of aryl methyl sites for hydroxylation is 1. The SMILES string of the molecule is COc1cc([C@H]2C3=CC[C@@H]4C(=O)N(c5ccc(I)cc5)C(=O)[C@@H]4[C@@H]3C[C@H]3C(=O)N(Nc4ccc(C)cc4)C(=O)[C@@]23c2ccccc2)cc(Br)c1O. The Hall–Kier alpha value is -4.49. The molecule has 2 N–H and O–H groups in total. The smallest absolute Gasteiger partial charge is 0.260 e. The number of hydrogen-bond acceptors (Lipinski definition) is 7. The molecular weight excluding hydrogens is 825 g/mol. The number of aromatic hydroxyl groups is 1. The maximum Gasteiger partial charge on any atom is 0.260 e. The van der Waals surface area contributed by atoms with Gasteiger partial charge in [0.05, 0.1) is 46.1 Å². The lowest BCUT2D eigenvalue weighted by Crippen LogP contribution is -2.53. The van der Waals surface area contributed by atoms with E-state index in [0.717, 1.165) is 19.7 Å². The number of ether oxygens (including phenoxy) is 1. The number of allylic oxidation sites excluding steroid dienone is 2. The number of carbonyl (C=O) groups excluding carboxylic acids is 4. The second kappa shape index (κ2) is 12.6. The van der Waals surface area contributed by atoms with Crippen LogP contribution >= 0.6 is 38.5 Å². The van der Waals surface area contributed by atoms with Crippen molar-refractivity contribution >= 4 is 73.5 Å². The van der Waals surface area contributed by atoms with Gasteiger partial charge in [0.2, 0.25) is 11.8 Å². The van der Waals surface area contributed by atoms with Gasteiger partial charge in [-0.1, -0.05) is 59.7 Å². The summed E-state index contributed by atoms with van der Waals surface area (Å²) in [6.45, 7) is 1.96. The first kappa shape index (κ1) is 33.6. The number of imide groups is 2. The van der Waals surface area contributed by atoms with Crippen LogP contribution in [-0.4, -0.2) is 40.9 Å². The molecule has 2 aliphatic heterocycles. The molecule has 6 atom stereocenters. The van der Waals surface area contributed by atoms with Crippen LogP contribution < -0.4 is 15.1 Å². The number of halogens is 2. The minimum Gasteiger partial charge on any atom is -0.503 e. The van der Waals surface area contributed by atoms with Crippen molar-refractivity contribution in [2.45, 2.75) is 31.1 Å². The van der Waals surface area contributed by atoms with Crippen molar-refractivity contribution in [1.82, 2.24) is 5.01 Å². The molecule has 258 valence electrons. The number of rotatable bonds is 6. The van der Waals surface area contributed by atoms with E-state index in [4.69, 9.17) is 4.74 Å². The fourth-order valence-corrected chi connectivity index (χ4v) is 9.70. The maximum atomic E-state index is 15.3. The minimum atomic E-state index is -1.44. The zero-order chi connectivity index (χ0) is 35.8. The van der Waals surface area contributed by atoms with Crippen molar-refractivity contribution in [3.8, 4) is 11.5 Å². The van der Waals surface area contributed by atoms with Crippen LogP contribution in [0.15, 0.2) is 107 Å². The van der Waals surface area contributed by atoms with Gasteiger partial charge in [0.25, 0.3) is 11.8 Å². The summed E-state index contributed by atoms with van der Waals surface area (Å²) in [4.78, 5) is 60.0. The highest BCUT2D eigenvalue weighted by Gasteiger charge is 2.70. The molecule has 2 heterocycles. The van der Waals surface area contributed by atoms with Crippen LogP contribution in [0.2, 0.25) is 0 Å². The molecule has 8 rings (SSSR count). The zero-order valence-electron chi connectivity index (χ0n) is 27.7. The summed E-state index contributed by atoms with van der Waals surface area (Å²) in [5, 5.41) is 12.0. The van der Waals surface area contributed by atoms with Crippen LogP contribution in [0.25, 0.3) is 0 Å². The van der Waals surface area contributed by atoms with Crippen molar-refractivity contribution in [2.24, 2.45) is 23.7 Å². The number of phenols is 1. The number of nitrogens with zero attached hydrogens (tertiary/aromatic N) is 2. The van der Waals surface area contributed by atoms with Gasteiger partial charge in [0, 0.05) is 9.49 Å². The molecule has 0 aromatic heterocycles. The Morgan fingerprint density at radius 3 is 2.29 bits per heavy atom. The van der Waals surface area contributed by atoms with Crippen molar-refractivity contribution in [1.29, 1.82) is 0 Å². The van der Waals surface area contributed by atoms with Gasteiger partial charge in [-0.25, -0.2) is 0 Å². The number of anilines is 2. The number of hydrogen-bond donors (Lipinski definition) is 2. The van der Waals surface area contributed by atoms with Crippen LogP contribution in [0.3, 0.4) is 0 Å². The molecule has 4 aromatic rings. The molecule has 4 amide bonds. The Bertz CT molecular complexity index is 2140. The lowest BCUT2D eigenvalue weighted by atomic mass is 9.49. The largest absolute Gasteiger partial charge is 0.503 e. The third-order valence-corrected chi connectivity index (χ3v) is 12.4. The van der Waals surface area contributed by atoms with Gasteiger partial charge in [-0.2, -0.15) is 5.01 Å². The first-order valence-corrected chi connectivity index (χ1v) is 18.6. The lowest BCUT2D eigenvalue weighted by Gasteiger charge is -2.50. The van der Waals surface area contributed by atoms with Crippen molar-refractivity contribution in [3.05, 3.63) is 127 Å². The highest BCUT2D eigenvalue weighted by molar-refractivity contribution is 14.1. The summed E-state index contributed by atoms with van der Waals surface area (Å²) in [5.74, 6) is -4.81. The number of benzene rings is 4. The average molecular weight is 859 g/mol. The van der Waals surface area contributed by atoms with E-state index in [0.29, 0.717) is 33.4 Å². The van der Waals surface area contributed by atoms with E-state index < -0.39 is 46.8 Å². The molecule has 4 aliphatic rings. The number of fused-ring (bicyclic) bond motifs is 4. The van der Waals surface area contributed by atoms with Gasteiger partial charge < -0.3 is 9.84 Å². The van der Waals surface area contributed by atoms with Crippen LogP contribution in [0.4, 0.5) is 11.4 Å². The van der Waals surface area contributed by atoms with Crippen LogP contribution in [0.5, 0.6) is 11.5 Å². The predicted molar refractivity (Wildman–Crippen MR) is 203 cm³/mol. The summed E-state index contributed by atoms with van der Waals surface area (Å²) in [7, 11) is 1.45. The molecule has 2 aliphatic carbocycles. The summed E-state index contributed by atoms with van der Waals surface area (Å²) in [6.07, 6.45) is 2.50. The van der Waals surface area contributed by atoms with Crippen molar-refractivity contribution in [2.75, 3.05) is 17.4 Å². The van der Waals surface area contributed by atoms with Crippen molar-refractivity contribution in [3.63, 3.8) is 0 Å². The molecule has 1 saturated carbocycles. The number of phenolic OH excluding ortho intramolecular Hbond substituents is 1. The topological polar surface area (TPSA) is 116 Å². The molecule has 0 unspecified atom stereocenters. The summed E-state index contributed by atoms with van der Waals surface area (Å²) in [5.41, 5.74) is 5.91. The highest BCUT2D eigenvalue weighted by Crippen LogP contribution is 2.64. The number of hydrazine groups is 1. The van der Waals surface area contributed by atoms with E-state index in [2.05, 4.69) is 43.9 Å². The monoisotopic (exact) mass is 857 g/mol. The fourth-order valence-electron chi connectivity index (χ4n) is 8.88. The second-order valence-corrected chi connectivity index (χ2v) is 15.7. The predicted octanol–water partition coefficient (Wildman–Crippen LogP) is 7.27. The molecule has 0 spiro atoms. The van der Waals surface area contributed by atoms with Crippen molar-refractivity contribution < 1.29 is 29.0 Å². The normalized spacial score (nSPS) is 26.8. The van der Waals surface area contributed by atoms with E-state index in [-0.39, 0.29) is 29.7 Å². The van der Waals surface area contributed by atoms with Gasteiger partial charge in [-0.15, -0.1) is 0 Å². The molecular formula is C40H33BrIN3O6.